The summed E-state index contributed by atoms with van der Waals surface area (Å²) in [7, 11) is -4.63. The molecule has 2 rings (SSSR count). The number of hydrogen-bond acceptors (Lipinski definition) is 2. The second kappa shape index (κ2) is 6.90. The van der Waals surface area contributed by atoms with Crippen molar-refractivity contribution in [1.29, 1.82) is 0 Å². The molecule has 0 bridgehead atoms. The average Bonchev–Trinajstić information content (AvgIpc) is 2.48. The van der Waals surface area contributed by atoms with Gasteiger partial charge < -0.3 is 15.1 Å². The standard InChI is InChI=1S/C15H13ClNO4P/c16-13-8-6-11(7-9-13)10-14(22(19,20)21)17-15(18)12-4-2-1-3-5-12/h1-10H,(H,17,18)(H2,19,20,21)/b14-10-. The maximum atomic E-state index is 12.0. The van der Waals surface area contributed by atoms with Crippen LogP contribution in [-0.4, -0.2) is 15.7 Å². The minimum Gasteiger partial charge on any atom is -0.320 e. The molecule has 0 atom stereocenters. The lowest BCUT2D eigenvalue weighted by atomic mass is 10.2. The molecule has 5 nitrogen and oxygen atoms in total. The van der Waals surface area contributed by atoms with Crippen LogP contribution < -0.4 is 5.32 Å². The van der Waals surface area contributed by atoms with Crippen LogP contribution in [0.2, 0.25) is 5.02 Å². The Labute approximate surface area is 132 Å². The zero-order chi connectivity index (χ0) is 16.2. The van der Waals surface area contributed by atoms with Crippen LogP contribution in [-0.2, 0) is 4.57 Å². The van der Waals surface area contributed by atoms with E-state index in [2.05, 4.69) is 5.32 Å². The Balaban J connectivity index is 2.30. The molecule has 0 heterocycles. The van der Waals surface area contributed by atoms with Crippen molar-refractivity contribution in [1.82, 2.24) is 5.32 Å². The Kier molecular flexibility index (Phi) is 5.16. The monoisotopic (exact) mass is 337 g/mol. The molecule has 3 N–H and O–H groups in total. The summed E-state index contributed by atoms with van der Waals surface area (Å²) in [6.07, 6.45) is 1.22. The Morgan fingerprint density at radius 1 is 1.05 bits per heavy atom. The van der Waals surface area contributed by atoms with Crippen LogP contribution in [0.3, 0.4) is 0 Å². The first-order valence-electron chi connectivity index (χ1n) is 6.26. The van der Waals surface area contributed by atoms with Gasteiger partial charge in [0.05, 0.1) is 0 Å². The van der Waals surface area contributed by atoms with Gasteiger partial charge in [-0.05, 0) is 35.9 Å². The molecule has 0 saturated carbocycles. The van der Waals surface area contributed by atoms with E-state index < -0.39 is 18.9 Å². The molecule has 0 spiro atoms. The van der Waals surface area contributed by atoms with Crippen molar-refractivity contribution < 1.29 is 19.1 Å². The lowest BCUT2D eigenvalue weighted by molar-refractivity contribution is 0.0966. The molecule has 114 valence electrons. The first kappa shape index (κ1) is 16.5. The molecule has 0 saturated heterocycles. The number of halogens is 1. The highest BCUT2D eigenvalue weighted by atomic mass is 35.5. The van der Waals surface area contributed by atoms with Crippen molar-refractivity contribution in [2.45, 2.75) is 0 Å². The van der Waals surface area contributed by atoms with E-state index in [1.807, 2.05) is 0 Å². The fourth-order valence-corrected chi connectivity index (χ4v) is 2.38. The Morgan fingerprint density at radius 3 is 2.18 bits per heavy atom. The van der Waals surface area contributed by atoms with E-state index in [1.54, 1.807) is 54.6 Å². The van der Waals surface area contributed by atoms with E-state index >= 15 is 0 Å². The molecule has 0 fully saturated rings. The average molecular weight is 338 g/mol. The fourth-order valence-electron chi connectivity index (χ4n) is 1.69. The summed E-state index contributed by atoms with van der Waals surface area (Å²) in [5, 5.41) is 2.77. The predicted octanol–water partition coefficient (Wildman–Crippen LogP) is 3.25. The molecule has 0 aliphatic heterocycles. The quantitative estimate of drug-likeness (QED) is 0.747. The van der Waals surface area contributed by atoms with Crippen LogP contribution in [0.15, 0.2) is 60.0 Å². The van der Waals surface area contributed by atoms with E-state index in [9.17, 15) is 19.1 Å². The molecule has 2 aromatic rings. The third-order valence-corrected chi connectivity index (χ3v) is 3.89. The molecule has 0 aromatic heterocycles. The SMILES string of the molecule is O=C(N/C(=C/c1ccc(Cl)cc1)P(=O)(O)O)c1ccccc1. The van der Waals surface area contributed by atoms with Crippen LogP contribution in [0, 0.1) is 0 Å². The number of rotatable bonds is 4. The molecule has 1 amide bonds. The van der Waals surface area contributed by atoms with E-state index in [0.717, 1.165) is 0 Å². The smallest absolute Gasteiger partial charge is 0.320 e. The van der Waals surface area contributed by atoms with Gasteiger partial charge >= 0.3 is 7.60 Å². The van der Waals surface area contributed by atoms with Crippen molar-refractivity contribution in [3.63, 3.8) is 0 Å². The molecule has 0 aliphatic rings. The molecular weight excluding hydrogens is 325 g/mol. The highest BCUT2D eigenvalue weighted by Crippen LogP contribution is 2.44. The van der Waals surface area contributed by atoms with Crippen LogP contribution >= 0.6 is 19.2 Å². The largest absolute Gasteiger partial charge is 0.372 e. The number of carbonyl (C=O) groups excluding carboxylic acids is 1. The number of hydrogen-bond donors (Lipinski definition) is 3. The Morgan fingerprint density at radius 2 is 1.64 bits per heavy atom. The summed E-state index contributed by atoms with van der Waals surface area (Å²) >= 11 is 5.76. The maximum absolute atomic E-state index is 12.0. The van der Waals surface area contributed by atoms with E-state index in [-0.39, 0.29) is 0 Å². The zero-order valence-corrected chi connectivity index (χ0v) is 13.0. The minimum absolute atomic E-state index is 0.304. The third kappa shape index (κ3) is 4.55. The summed E-state index contributed by atoms with van der Waals surface area (Å²) in [6, 6.07) is 14.5. The molecule has 22 heavy (non-hydrogen) atoms. The van der Waals surface area contributed by atoms with Crippen LogP contribution in [0.5, 0.6) is 0 Å². The minimum atomic E-state index is -4.63. The van der Waals surface area contributed by atoms with Crippen molar-refractivity contribution in [2.24, 2.45) is 0 Å². The lowest BCUT2D eigenvalue weighted by Crippen LogP contribution is -2.22. The second-order valence-corrected chi connectivity index (χ2v) is 6.45. The van der Waals surface area contributed by atoms with Crippen molar-refractivity contribution >= 4 is 31.2 Å². The summed E-state index contributed by atoms with van der Waals surface area (Å²) in [5.41, 5.74) is 0.345. The van der Waals surface area contributed by atoms with E-state index in [0.29, 0.717) is 16.1 Å². The van der Waals surface area contributed by atoms with Gasteiger partial charge in [-0.25, -0.2) is 0 Å². The van der Waals surface area contributed by atoms with Gasteiger partial charge in [0, 0.05) is 10.6 Å². The summed E-state index contributed by atoms with van der Waals surface area (Å²) in [5.74, 6) is -0.593. The van der Waals surface area contributed by atoms with Gasteiger partial charge in [-0.15, -0.1) is 0 Å². The maximum Gasteiger partial charge on any atom is 0.372 e. The topological polar surface area (TPSA) is 86.6 Å². The van der Waals surface area contributed by atoms with Gasteiger partial charge in [-0.2, -0.15) is 0 Å². The van der Waals surface area contributed by atoms with Crippen LogP contribution in [0.1, 0.15) is 15.9 Å². The van der Waals surface area contributed by atoms with Gasteiger partial charge in [0.2, 0.25) is 0 Å². The fraction of sp³-hybridized carbons (Fsp3) is 0. The highest BCUT2D eigenvalue weighted by Gasteiger charge is 2.23. The first-order valence-corrected chi connectivity index (χ1v) is 8.25. The van der Waals surface area contributed by atoms with Gasteiger partial charge in [0.1, 0.15) is 5.44 Å². The zero-order valence-electron chi connectivity index (χ0n) is 11.3. The van der Waals surface area contributed by atoms with E-state index in [4.69, 9.17) is 11.6 Å². The second-order valence-electron chi connectivity index (χ2n) is 4.45. The van der Waals surface area contributed by atoms with Crippen LogP contribution in [0.25, 0.3) is 6.08 Å². The number of nitrogens with one attached hydrogen (secondary N) is 1. The number of amides is 1. The molecule has 0 unspecified atom stereocenters. The number of benzene rings is 2. The van der Waals surface area contributed by atoms with Crippen molar-refractivity contribution in [3.8, 4) is 0 Å². The van der Waals surface area contributed by atoms with Gasteiger partial charge in [0.25, 0.3) is 5.91 Å². The molecule has 2 aromatic carbocycles. The summed E-state index contributed by atoms with van der Waals surface area (Å²) in [4.78, 5) is 30.8. The van der Waals surface area contributed by atoms with Crippen molar-refractivity contribution in [2.75, 3.05) is 0 Å². The lowest BCUT2D eigenvalue weighted by Gasteiger charge is -2.11. The van der Waals surface area contributed by atoms with E-state index in [1.165, 1.54) is 6.08 Å². The molecular formula is C15H13ClNO4P. The normalized spacial score (nSPS) is 12.0. The Bertz CT molecular complexity index is 738. The predicted molar refractivity (Wildman–Crippen MR) is 85.4 cm³/mol. The van der Waals surface area contributed by atoms with Crippen molar-refractivity contribution in [3.05, 3.63) is 76.2 Å². The first-order chi connectivity index (χ1) is 10.4. The van der Waals surface area contributed by atoms with Gasteiger partial charge in [-0.1, -0.05) is 41.9 Å². The summed E-state index contributed by atoms with van der Waals surface area (Å²) in [6.45, 7) is 0. The highest BCUT2D eigenvalue weighted by molar-refractivity contribution is 7.56. The summed E-state index contributed by atoms with van der Waals surface area (Å²) < 4.78 is 11.6. The molecule has 0 radical (unpaired) electrons. The van der Waals surface area contributed by atoms with Gasteiger partial charge in [0.15, 0.2) is 0 Å². The van der Waals surface area contributed by atoms with Gasteiger partial charge in [-0.3, -0.25) is 9.36 Å². The molecule has 0 aliphatic carbocycles. The van der Waals surface area contributed by atoms with Crippen LogP contribution in [0.4, 0.5) is 0 Å². The Hall–Kier alpha value is -1.91. The number of carbonyl (C=O) groups is 1. The molecule has 7 heteroatoms. The third-order valence-electron chi connectivity index (χ3n) is 2.76.